The number of benzene rings is 2. The van der Waals surface area contributed by atoms with Crippen LogP contribution in [0.5, 0.6) is 17.2 Å². The highest BCUT2D eigenvalue weighted by Gasteiger charge is 2.53. The minimum Gasteiger partial charge on any atom is -0.493 e. The third-order valence-electron chi connectivity index (χ3n) is 9.73. The summed E-state index contributed by atoms with van der Waals surface area (Å²) in [7, 11) is 0. The van der Waals surface area contributed by atoms with Crippen molar-refractivity contribution in [3.63, 3.8) is 0 Å². The van der Waals surface area contributed by atoms with Gasteiger partial charge in [0.25, 0.3) is 0 Å². The Morgan fingerprint density at radius 2 is 1.48 bits per heavy atom. The van der Waals surface area contributed by atoms with Crippen LogP contribution in [0.25, 0.3) is 0 Å². The molecule has 0 N–H and O–H groups in total. The van der Waals surface area contributed by atoms with Crippen LogP contribution < -0.4 is 14.2 Å². The Kier molecular flexibility index (Phi) is 10.4. The summed E-state index contributed by atoms with van der Waals surface area (Å²) in [6.07, 6.45) is 15.5. The number of rotatable bonds is 9. The predicted octanol–water partition coefficient (Wildman–Crippen LogP) is 10.2. The van der Waals surface area contributed by atoms with E-state index in [0.29, 0.717) is 35.9 Å². The molecular formula is C37H52O3. The molecule has 2 saturated carbocycles. The van der Waals surface area contributed by atoms with Crippen LogP contribution in [0.4, 0.5) is 0 Å². The molecule has 0 aromatic heterocycles. The molecule has 2 aromatic rings. The van der Waals surface area contributed by atoms with Crippen molar-refractivity contribution in [1.29, 1.82) is 0 Å². The second-order valence-electron chi connectivity index (χ2n) is 12.8. The van der Waals surface area contributed by atoms with Gasteiger partial charge in [-0.1, -0.05) is 96.5 Å². The lowest BCUT2D eigenvalue weighted by molar-refractivity contribution is -0.105. The summed E-state index contributed by atoms with van der Waals surface area (Å²) in [6, 6.07) is 16.4. The van der Waals surface area contributed by atoms with Crippen molar-refractivity contribution in [3.05, 3.63) is 77.9 Å². The van der Waals surface area contributed by atoms with Gasteiger partial charge in [0, 0.05) is 24.1 Å². The maximum atomic E-state index is 6.63. The molecule has 0 aliphatic heterocycles. The highest BCUT2D eigenvalue weighted by atomic mass is 16.5. The number of fused-ring (bicyclic) bond motifs is 1. The SMILES string of the molecule is CC.CC1CCC2C(C)(C)CCCC2(C)C1COc1cc(OCC2=CCCC=C2)cc(OCc2ccccc2)c1. The van der Waals surface area contributed by atoms with Crippen LogP contribution in [0.15, 0.2) is 72.3 Å². The smallest absolute Gasteiger partial charge is 0.127 e. The monoisotopic (exact) mass is 544 g/mol. The van der Waals surface area contributed by atoms with Crippen LogP contribution >= 0.6 is 0 Å². The molecule has 3 heteroatoms. The normalized spacial score (nSPS) is 26.9. The topological polar surface area (TPSA) is 27.7 Å². The first kappa shape index (κ1) is 30.3. The zero-order valence-electron chi connectivity index (χ0n) is 25.9. The second kappa shape index (κ2) is 13.8. The number of allylic oxidation sites excluding steroid dienone is 2. The first-order valence-corrected chi connectivity index (χ1v) is 15.8. The van der Waals surface area contributed by atoms with E-state index in [2.05, 4.69) is 58.1 Å². The molecule has 4 atom stereocenters. The fraction of sp³-hybridized carbons (Fsp3) is 0.568. The Morgan fingerprint density at radius 3 is 2.15 bits per heavy atom. The fourth-order valence-corrected chi connectivity index (χ4v) is 7.63. The summed E-state index contributed by atoms with van der Waals surface area (Å²) in [4.78, 5) is 0. The van der Waals surface area contributed by atoms with E-state index in [1.165, 1.54) is 37.7 Å². The molecule has 3 nitrogen and oxygen atoms in total. The summed E-state index contributed by atoms with van der Waals surface area (Å²) in [5, 5.41) is 0. The van der Waals surface area contributed by atoms with Gasteiger partial charge in [-0.25, -0.2) is 0 Å². The zero-order valence-corrected chi connectivity index (χ0v) is 25.9. The van der Waals surface area contributed by atoms with E-state index in [4.69, 9.17) is 14.2 Å². The predicted molar refractivity (Wildman–Crippen MR) is 167 cm³/mol. The van der Waals surface area contributed by atoms with Crippen molar-refractivity contribution in [3.8, 4) is 17.2 Å². The van der Waals surface area contributed by atoms with Gasteiger partial charge in [0.1, 0.15) is 30.5 Å². The molecule has 4 unspecified atom stereocenters. The molecule has 40 heavy (non-hydrogen) atoms. The third-order valence-corrected chi connectivity index (χ3v) is 9.73. The van der Waals surface area contributed by atoms with Gasteiger partial charge >= 0.3 is 0 Å². The van der Waals surface area contributed by atoms with Gasteiger partial charge in [-0.05, 0) is 72.3 Å². The van der Waals surface area contributed by atoms with Gasteiger partial charge < -0.3 is 14.2 Å². The van der Waals surface area contributed by atoms with Crippen molar-refractivity contribution >= 4 is 0 Å². The largest absolute Gasteiger partial charge is 0.493 e. The van der Waals surface area contributed by atoms with E-state index in [1.54, 1.807) is 0 Å². The Bertz CT molecular complexity index is 1130. The van der Waals surface area contributed by atoms with Crippen molar-refractivity contribution in [1.82, 2.24) is 0 Å². The van der Waals surface area contributed by atoms with E-state index in [9.17, 15) is 0 Å². The van der Waals surface area contributed by atoms with Crippen LogP contribution in [0.1, 0.15) is 92.1 Å². The van der Waals surface area contributed by atoms with Gasteiger partial charge in [-0.3, -0.25) is 0 Å². The van der Waals surface area contributed by atoms with E-state index in [1.807, 2.05) is 50.2 Å². The molecule has 0 spiro atoms. The summed E-state index contributed by atoms with van der Waals surface area (Å²) in [5.41, 5.74) is 3.12. The lowest BCUT2D eigenvalue weighted by atomic mass is 9.47. The van der Waals surface area contributed by atoms with Gasteiger partial charge in [0.2, 0.25) is 0 Å². The lowest BCUT2D eigenvalue weighted by Gasteiger charge is -2.59. The highest BCUT2D eigenvalue weighted by molar-refractivity contribution is 5.42. The minimum atomic E-state index is 0.333. The fourth-order valence-electron chi connectivity index (χ4n) is 7.63. The Hall–Kier alpha value is -2.68. The van der Waals surface area contributed by atoms with Gasteiger partial charge in [-0.2, -0.15) is 0 Å². The minimum absolute atomic E-state index is 0.333. The molecule has 218 valence electrons. The number of hydrogen-bond acceptors (Lipinski definition) is 3. The quantitative estimate of drug-likeness (QED) is 0.314. The Labute approximate surface area is 244 Å². The standard InChI is InChI=1S/C35H46O3.C2H6/c1-26-16-17-33-34(2,3)18-11-19-35(33,4)32(26)25-38-31-21-29(36-23-27-12-7-5-8-13-27)20-30(22-31)37-24-28-14-9-6-10-15-28;1-2/h5,7-9,12-15,20-22,26,32-33H,6,10-11,16-19,23-25H2,1-4H3;1-2H3. The molecule has 3 aliphatic carbocycles. The van der Waals surface area contributed by atoms with E-state index >= 15 is 0 Å². The Balaban J connectivity index is 0.00000181. The summed E-state index contributed by atoms with van der Waals surface area (Å²) in [6.45, 7) is 15.8. The number of ether oxygens (including phenoxy) is 3. The summed E-state index contributed by atoms with van der Waals surface area (Å²) >= 11 is 0. The highest BCUT2D eigenvalue weighted by Crippen LogP contribution is 2.61. The van der Waals surface area contributed by atoms with E-state index in [0.717, 1.165) is 48.2 Å². The van der Waals surface area contributed by atoms with Gasteiger partial charge in [0.15, 0.2) is 0 Å². The lowest BCUT2D eigenvalue weighted by Crippen LogP contribution is -2.52. The van der Waals surface area contributed by atoms with Gasteiger partial charge in [-0.15, -0.1) is 0 Å². The van der Waals surface area contributed by atoms with Crippen molar-refractivity contribution in [2.75, 3.05) is 13.2 Å². The first-order chi connectivity index (χ1) is 19.3. The van der Waals surface area contributed by atoms with Crippen LogP contribution in [0, 0.1) is 28.6 Å². The average Bonchev–Trinajstić information content (AvgIpc) is 2.96. The van der Waals surface area contributed by atoms with Crippen LogP contribution in [-0.2, 0) is 6.61 Å². The van der Waals surface area contributed by atoms with Crippen molar-refractivity contribution in [2.24, 2.45) is 28.6 Å². The molecule has 5 rings (SSSR count). The molecule has 0 heterocycles. The zero-order chi connectivity index (χ0) is 28.6. The molecule has 0 radical (unpaired) electrons. The molecular weight excluding hydrogens is 492 g/mol. The van der Waals surface area contributed by atoms with Crippen LogP contribution in [0.2, 0.25) is 0 Å². The summed E-state index contributed by atoms with van der Waals surface area (Å²) in [5.74, 6) is 4.41. The third kappa shape index (κ3) is 7.33. The van der Waals surface area contributed by atoms with Gasteiger partial charge in [0.05, 0.1) is 6.61 Å². The molecule has 0 amide bonds. The molecule has 2 fully saturated rings. The Morgan fingerprint density at radius 1 is 0.800 bits per heavy atom. The van der Waals surface area contributed by atoms with Crippen molar-refractivity contribution in [2.45, 2.75) is 93.1 Å². The first-order valence-electron chi connectivity index (χ1n) is 15.8. The molecule has 0 bridgehead atoms. The van der Waals surface area contributed by atoms with E-state index in [-0.39, 0.29) is 0 Å². The van der Waals surface area contributed by atoms with Crippen LogP contribution in [-0.4, -0.2) is 13.2 Å². The maximum Gasteiger partial charge on any atom is 0.127 e. The second-order valence-corrected chi connectivity index (χ2v) is 12.8. The average molecular weight is 545 g/mol. The maximum absolute atomic E-state index is 6.63. The number of hydrogen-bond donors (Lipinski definition) is 0. The molecule has 3 aliphatic rings. The van der Waals surface area contributed by atoms with Crippen molar-refractivity contribution < 1.29 is 14.2 Å². The molecule has 2 aromatic carbocycles. The van der Waals surface area contributed by atoms with E-state index < -0.39 is 0 Å². The summed E-state index contributed by atoms with van der Waals surface area (Å²) < 4.78 is 19.1. The van der Waals surface area contributed by atoms with Crippen LogP contribution in [0.3, 0.4) is 0 Å². The molecule has 0 saturated heterocycles.